The Morgan fingerprint density at radius 2 is 2.04 bits per heavy atom. The van der Waals surface area contributed by atoms with Gasteiger partial charge in [-0.3, -0.25) is 4.90 Å². The predicted octanol–water partition coefficient (Wildman–Crippen LogP) is 3.35. The van der Waals surface area contributed by atoms with Crippen LogP contribution in [0.25, 0.3) is 0 Å². The SMILES string of the molecule is C=C1CN2CCC[C@]2(COc2nc3c(c(N4CCCC5(CNS(=O)(=O)N5)C4)n2)CO[C@@H](c2c(F)c(N)cc(C#CC)c2C(F)(F)F)C3)C1. The summed E-state index contributed by atoms with van der Waals surface area (Å²) in [5, 5.41) is 0. The molecule has 258 valence electrons. The number of benzene rings is 1. The molecule has 4 N–H and O–H groups in total. The highest BCUT2D eigenvalue weighted by Crippen LogP contribution is 2.45. The molecule has 7 rings (SSSR count). The summed E-state index contributed by atoms with van der Waals surface area (Å²) in [6.45, 7) is 8.36. The molecule has 1 aromatic carbocycles. The number of nitrogens with two attached hydrogens (primary N) is 1. The number of fused-ring (bicyclic) bond motifs is 2. The third-order valence-electron chi connectivity index (χ3n) is 10.1. The van der Waals surface area contributed by atoms with Gasteiger partial charge in [0, 0.05) is 49.3 Å². The van der Waals surface area contributed by atoms with Gasteiger partial charge in [-0.15, -0.1) is 5.92 Å². The number of piperidine rings is 1. The highest BCUT2D eigenvalue weighted by Gasteiger charge is 2.48. The Kier molecular flexibility index (Phi) is 8.14. The summed E-state index contributed by atoms with van der Waals surface area (Å²) < 4.78 is 101. The van der Waals surface area contributed by atoms with Crippen LogP contribution in [0.4, 0.5) is 29.1 Å². The maximum atomic E-state index is 15.6. The first-order chi connectivity index (χ1) is 22.7. The van der Waals surface area contributed by atoms with E-state index in [1.165, 1.54) is 6.92 Å². The van der Waals surface area contributed by atoms with Crippen molar-refractivity contribution in [2.45, 2.75) is 75.4 Å². The quantitative estimate of drug-likeness (QED) is 0.187. The Balaban J connectivity index is 1.28. The number of rotatable bonds is 5. The molecule has 0 saturated carbocycles. The van der Waals surface area contributed by atoms with Gasteiger partial charge in [0.1, 0.15) is 12.4 Å². The van der Waals surface area contributed by atoms with E-state index in [9.17, 15) is 21.6 Å². The summed E-state index contributed by atoms with van der Waals surface area (Å²) in [7, 11) is -3.65. The fraction of sp³-hybridized carbons (Fsp3) is 0.562. The molecular weight excluding hydrogens is 654 g/mol. The number of aromatic nitrogens is 2. The molecule has 1 spiro atoms. The molecule has 16 heteroatoms. The van der Waals surface area contributed by atoms with Crippen molar-refractivity contribution in [3.05, 3.63) is 52.0 Å². The van der Waals surface area contributed by atoms with Crippen LogP contribution < -0.4 is 24.8 Å². The number of nitrogens with one attached hydrogen (secondary N) is 2. The molecule has 0 amide bonds. The van der Waals surface area contributed by atoms with E-state index in [4.69, 9.17) is 20.2 Å². The normalized spacial score (nSPS) is 28.3. The van der Waals surface area contributed by atoms with E-state index in [-0.39, 0.29) is 37.7 Å². The lowest BCUT2D eigenvalue weighted by atomic mass is 9.89. The number of halogens is 4. The summed E-state index contributed by atoms with van der Waals surface area (Å²) in [6.07, 6.45) is -2.58. The van der Waals surface area contributed by atoms with E-state index in [1.54, 1.807) is 0 Å². The van der Waals surface area contributed by atoms with Crippen molar-refractivity contribution in [3.63, 3.8) is 0 Å². The highest BCUT2D eigenvalue weighted by molar-refractivity contribution is 7.87. The maximum absolute atomic E-state index is 15.6. The largest absolute Gasteiger partial charge is 0.461 e. The molecule has 1 unspecified atom stereocenters. The van der Waals surface area contributed by atoms with Crippen molar-refractivity contribution in [3.8, 4) is 17.9 Å². The molecular formula is C32H37F4N7O4S. The molecule has 0 radical (unpaired) electrons. The fourth-order valence-corrected chi connectivity index (χ4v) is 9.41. The highest BCUT2D eigenvalue weighted by atomic mass is 32.2. The minimum Gasteiger partial charge on any atom is -0.461 e. The van der Waals surface area contributed by atoms with E-state index >= 15 is 4.39 Å². The average Bonchev–Trinajstić information content (AvgIpc) is 3.65. The van der Waals surface area contributed by atoms with Gasteiger partial charge in [0.2, 0.25) is 0 Å². The van der Waals surface area contributed by atoms with Crippen molar-refractivity contribution in [2.24, 2.45) is 0 Å². The van der Waals surface area contributed by atoms with Crippen LogP contribution >= 0.6 is 0 Å². The molecule has 3 atom stereocenters. The molecule has 4 fully saturated rings. The first-order valence-electron chi connectivity index (χ1n) is 15.9. The maximum Gasteiger partial charge on any atom is 0.418 e. The van der Waals surface area contributed by atoms with Gasteiger partial charge in [0.25, 0.3) is 10.2 Å². The van der Waals surface area contributed by atoms with Crippen LogP contribution in [0.2, 0.25) is 0 Å². The third kappa shape index (κ3) is 5.89. The fourth-order valence-electron chi connectivity index (χ4n) is 8.06. The number of alkyl halides is 3. The third-order valence-corrected chi connectivity index (χ3v) is 11.3. The summed E-state index contributed by atoms with van der Waals surface area (Å²) in [6, 6.07) is 0.928. The standard InChI is InChI=1S/C32H37F4N7O4S/c1-3-6-20-11-22(37)27(33)25(26(20)32(34,35)36)24-12-23-21(15-46-24)28(42-9-4-7-30(17-42)16-38-48(44,45)41-30)40-29(39-23)47-18-31-8-5-10-43(31)14-19(2)13-31/h11,24,38,41H,2,4-5,7-10,12-18,37H2,1H3/t24-,30?,31-/m1/s1. The summed E-state index contributed by atoms with van der Waals surface area (Å²) in [5.41, 5.74) is 3.97. The number of anilines is 2. The van der Waals surface area contributed by atoms with Crippen LogP contribution in [0.5, 0.6) is 6.01 Å². The molecule has 0 aliphatic carbocycles. The van der Waals surface area contributed by atoms with Gasteiger partial charge in [0.15, 0.2) is 5.82 Å². The molecule has 6 heterocycles. The number of hydrogen-bond donors (Lipinski definition) is 3. The second kappa shape index (κ2) is 11.8. The monoisotopic (exact) mass is 691 g/mol. The van der Waals surface area contributed by atoms with Crippen LogP contribution in [0, 0.1) is 17.7 Å². The zero-order chi connectivity index (χ0) is 34.1. The second-order valence-electron chi connectivity index (χ2n) is 13.4. The van der Waals surface area contributed by atoms with Crippen molar-refractivity contribution >= 4 is 21.7 Å². The van der Waals surface area contributed by atoms with Crippen LogP contribution in [-0.4, -0.2) is 73.7 Å². The molecule has 0 bridgehead atoms. The summed E-state index contributed by atoms with van der Waals surface area (Å²) >= 11 is 0. The van der Waals surface area contributed by atoms with E-state index in [0.29, 0.717) is 43.1 Å². The molecule has 4 saturated heterocycles. The van der Waals surface area contributed by atoms with Gasteiger partial charge >= 0.3 is 12.2 Å². The van der Waals surface area contributed by atoms with Crippen molar-refractivity contribution in [1.82, 2.24) is 24.3 Å². The average molecular weight is 692 g/mol. The van der Waals surface area contributed by atoms with E-state index in [1.807, 2.05) is 4.90 Å². The molecule has 1 aromatic heterocycles. The Labute approximate surface area is 276 Å². The molecule has 48 heavy (non-hydrogen) atoms. The lowest BCUT2D eigenvalue weighted by Gasteiger charge is -2.41. The van der Waals surface area contributed by atoms with Crippen molar-refractivity contribution in [1.29, 1.82) is 0 Å². The lowest BCUT2D eigenvalue weighted by Crippen LogP contribution is -2.56. The first-order valence-corrected chi connectivity index (χ1v) is 17.4. The number of hydrogen-bond acceptors (Lipinski definition) is 9. The minimum absolute atomic E-state index is 0.0366. The van der Waals surface area contributed by atoms with Gasteiger partial charge < -0.3 is 20.1 Å². The zero-order valence-corrected chi connectivity index (χ0v) is 27.3. The van der Waals surface area contributed by atoms with Crippen molar-refractivity contribution in [2.75, 3.05) is 50.0 Å². The number of nitrogens with zero attached hydrogens (tertiary/aromatic N) is 4. The minimum atomic E-state index is -4.94. The summed E-state index contributed by atoms with van der Waals surface area (Å²) in [4.78, 5) is 13.8. The van der Waals surface area contributed by atoms with E-state index in [2.05, 4.69) is 37.7 Å². The Hall–Kier alpha value is -3.49. The van der Waals surface area contributed by atoms with Crippen LogP contribution in [0.3, 0.4) is 0 Å². The zero-order valence-electron chi connectivity index (χ0n) is 26.5. The Morgan fingerprint density at radius 1 is 1.25 bits per heavy atom. The lowest BCUT2D eigenvalue weighted by molar-refractivity contribution is -0.140. The Morgan fingerprint density at radius 3 is 2.77 bits per heavy atom. The smallest absolute Gasteiger partial charge is 0.418 e. The summed E-state index contributed by atoms with van der Waals surface area (Å²) in [5.74, 6) is 4.09. The van der Waals surface area contributed by atoms with Crippen LogP contribution in [0.15, 0.2) is 18.2 Å². The van der Waals surface area contributed by atoms with Gasteiger partial charge in [-0.25, -0.2) is 9.11 Å². The van der Waals surface area contributed by atoms with Crippen LogP contribution in [0.1, 0.15) is 73.1 Å². The molecule has 5 aliphatic rings. The molecule has 11 nitrogen and oxygen atoms in total. The molecule has 5 aliphatic heterocycles. The first kappa shape index (κ1) is 33.0. The molecule has 2 aromatic rings. The van der Waals surface area contributed by atoms with Gasteiger partial charge in [-0.05, 0) is 51.6 Å². The van der Waals surface area contributed by atoms with Crippen LogP contribution in [-0.2, 0) is 34.2 Å². The predicted molar refractivity (Wildman–Crippen MR) is 169 cm³/mol. The Bertz CT molecular complexity index is 1850. The second-order valence-corrected chi connectivity index (χ2v) is 14.9. The van der Waals surface area contributed by atoms with Gasteiger partial charge in [-0.2, -0.15) is 36.3 Å². The number of nitrogen functional groups attached to an aromatic ring is 1. The van der Waals surface area contributed by atoms with Crippen molar-refractivity contribution < 1.29 is 35.5 Å². The van der Waals surface area contributed by atoms with Gasteiger partial charge in [-0.1, -0.05) is 18.1 Å². The number of ether oxygens (including phenoxy) is 2. The van der Waals surface area contributed by atoms with E-state index in [0.717, 1.165) is 44.0 Å². The van der Waals surface area contributed by atoms with E-state index < -0.39 is 56.2 Å². The van der Waals surface area contributed by atoms with Gasteiger partial charge in [0.05, 0.1) is 40.7 Å². The topological polar surface area (TPSA) is 135 Å².